The topological polar surface area (TPSA) is 30.7 Å². The van der Waals surface area contributed by atoms with Gasteiger partial charge in [-0.2, -0.15) is 27.9 Å². The number of aromatic nitrogens is 3. The summed E-state index contributed by atoms with van der Waals surface area (Å²) in [4.78, 5) is 3.92. The molecule has 0 amide bonds. The minimum atomic E-state index is 0. The van der Waals surface area contributed by atoms with Crippen molar-refractivity contribution in [2.75, 3.05) is 0 Å². The Kier molecular flexibility index (Phi) is 10.2. The molecule has 0 saturated heterocycles. The molecule has 0 spiro atoms. The Morgan fingerprint density at radius 2 is 1.80 bits per heavy atom. The molecule has 0 radical (unpaired) electrons. The van der Waals surface area contributed by atoms with Crippen molar-refractivity contribution in [1.29, 1.82) is 0 Å². The second kappa shape index (κ2) is 10.7. The number of benzene rings is 1. The van der Waals surface area contributed by atoms with Crippen molar-refractivity contribution in [2.24, 2.45) is 0 Å². The van der Waals surface area contributed by atoms with Crippen LogP contribution in [0, 0.1) is 20.8 Å². The van der Waals surface area contributed by atoms with Crippen LogP contribution in [0.15, 0.2) is 61.2 Å². The number of fused-ring (bicyclic) bond motifs is 1. The van der Waals surface area contributed by atoms with Gasteiger partial charge < -0.3 is 24.8 Å². The molecule has 0 saturated carbocycles. The summed E-state index contributed by atoms with van der Waals surface area (Å²) in [5.41, 5.74) is 5.30. The zero-order valence-corrected chi connectivity index (χ0v) is 18.3. The van der Waals surface area contributed by atoms with Gasteiger partial charge in [0.05, 0.1) is 0 Å². The summed E-state index contributed by atoms with van der Waals surface area (Å²) >= 11 is 0. The first kappa shape index (κ1) is 23.8. The predicted molar refractivity (Wildman–Crippen MR) is 90.7 cm³/mol. The van der Waals surface area contributed by atoms with Crippen molar-refractivity contribution < 1.29 is 51.0 Å². The Bertz CT molecular complexity index is 827. The van der Waals surface area contributed by atoms with E-state index in [0.29, 0.717) is 0 Å². The van der Waals surface area contributed by atoms with Crippen molar-refractivity contribution in [3.8, 4) is 5.69 Å². The van der Waals surface area contributed by atoms with Crippen molar-refractivity contribution in [3.63, 3.8) is 0 Å². The number of hydrogen-bond donors (Lipinski definition) is 0. The third-order valence-corrected chi connectivity index (χ3v) is 4.05. The van der Waals surface area contributed by atoms with E-state index in [2.05, 4.69) is 67.3 Å². The minimum absolute atomic E-state index is 0. The maximum absolute atomic E-state index is 4.09. The van der Waals surface area contributed by atoms with Gasteiger partial charge in [0, 0.05) is 0 Å². The fraction of sp³-hybridized carbons (Fsp3) is 0.158. The Morgan fingerprint density at radius 1 is 1.08 bits per heavy atom. The van der Waals surface area contributed by atoms with Crippen LogP contribution < -0.4 is 24.8 Å². The van der Waals surface area contributed by atoms with Crippen LogP contribution in [0.25, 0.3) is 16.5 Å². The molecule has 0 bridgehead atoms. The molecule has 4 aromatic rings. The molecular formula is C19H19Cl2N3Zr. The van der Waals surface area contributed by atoms with E-state index in [9.17, 15) is 0 Å². The normalized spacial score (nSPS) is 9.24. The first-order valence-corrected chi connectivity index (χ1v) is 7.35. The number of rotatable bonds is 1. The van der Waals surface area contributed by atoms with Gasteiger partial charge in [0.15, 0.2) is 0 Å². The maximum Gasteiger partial charge on any atom is 4.00 e. The molecule has 1 heterocycles. The van der Waals surface area contributed by atoms with E-state index < -0.39 is 0 Å². The molecule has 128 valence electrons. The van der Waals surface area contributed by atoms with E-state index >= 15 is 0 Å². The maximum atomic E-state index is 4.09. The van der Waals surface area contributed by atoms with Gasteiger partial charge in [0.25, 0.3) is 0 Å². The molecule has 0 aliphatic carbocycles. The Morgan fingerprint density at radius 3 is 2.28 bits per heavy atom. The van der Waals surface area contributed by atoms with Crippen LogP contribution in [-0.4, -0.2) is 14.8 Å². The van der Waals surface area contributed by atoms with E-state index in [1.54, 1.807) is 11.0 Å². The molecule has 0 fully saturated rings. The second-order valence-corrected chi connectivity index (χ2v) is 5.51. The third kappa shape index (κ3) is 5.64. The van der Waals surface area contributed by atoms with E-state index in [0.717, 1.165) is 5.69 Å². The SMILES string of the molecule is Cc1cc[c-](C)c1C.[Cl-].[Cl-].[Zr+4].c1ccc2[cH-]c(-n3cncn3)cc2c1. The summed E-state index contributed by atoms with van der Waals surface area (Å²) in [6.45, 7) is 6.44. The standard InChI is InChI=1S/C11H8N3.C8H11.2ClH.Zr/c1-2-4-10-6-11(5-9(10)3-1)14-8-12-7-13-14;1-6-4-5-7(2)8(6)3;;;/h1-8H;4-5H,1-3H3;2*1H;/q2*-1;;;+4/p-2. The van der Waals surface area contributed by atoms with Gasteiger partial charge in [-0.15, -0.1) is 41.1 Å². The fourth-order valence-corrected chi connectivity index (χ4v) is 2.42. The third-order valence-electron chi connectivity index (χ3n) is 4.05. The summed E-state index contributed by atoms with van der Waals surface area (Å²) < 4.78 is 1.76. The van der Waals surface area contributed by atoms with Crippen molar-refractivity contribution in [2.45, 2.75) is 20.8 Å². The molecule has 3 nitrogen and oxygen atoms in total. The van der Waals surface area contributed by atoms with Crippen LogP contribution in [0.5, 0.6) is 0 Å². The van der Waals surface area contributed by atoms with Gasteiger partial charge in [0.1, 0.15) is 12.7 Å². The average Bonchev–Trinajstić information content (AvgIpc) is 3.24. The van der Waals surface area contributed by atoms with E-state index in [1.165, 1.54) is 33.8 Å². The zero-order valence-electron chi connectivity index (χ0n) is 14.4. The summed E-state index contributed by atoms with van der Waals surface area (Å²) in [6.07, 6.45) is 3.24. The molecule has 6 heteroatoms. The zero-order chi connectivity index (χ0) is 15.5. The molecule has 0 N–H and O–H groups in total. The van der Waals surface area contributed by atoms with Gasteiger partial charge in [-0.3, -0.25) is 0 Å². The molecule has 0 unspecified atom stereocenters. The molecule has 0 aliphatic rings. The minimum Gasteiger partial charge on any atom is -1.00 e. The average molecular weight is 452 g/mol. The van der Waals surface area contributed by atoms with Crippen molar-refractivity contribution in [1.82, 2.24) is 14.8 Å². The molecule has 3 aromatic carbocycles. The Hall–Kier alpha value is -1.22. The van der Waals surface area contributed by atoms with Gasteiger partial charge in [-0.25, -0.2) is 15.7 Å². The van der Waals surface area contributed by atoms with E-state index in [-0.39, 0.29) is 51.0 Å². The second-order valence-electron chi connectivity index (χ2n) is 5.51. The quantitative estimate of drug-likeness (QED) is 0.329. The number of aryl methyl sites for hydroxylation is 2. The molecular weight excluding hydrogens is 432 g/mol. The Balaban J connectivity index is 0.000000462. The fourth-order valence-electron chi connectivity index (χ4n) is 2.42. The summed E-state index contributed by atoms with van der Waals surface area (Å²) in [5, 5.41) is 6.56. The summed E-state index contributed by atoms with van der Waals surface area (Å²) in [5.74, 6) is 0. The molecule has 25 heavy (non-hydrogen) atoms. The first-order valence-electron chi connectivity index (χ1n) is 7.35. The molecule has 4 rings (SSSR count). The largest absolute Gasteiger partial charge is 4.00 e. The van der Waals surface area contributed by atoms with E-state index in [4.69, 9.17) is 0 Å². The van der Waals surface area contributed by atoms with Crippen LogP contribution >= 0.6 is 0 Å². The first-order chi connectivity index (χ1) is 10.6. The van der Waals surface area contributed by atoms with Gasteiger partial charge in [-0.05, 0) is 5.69 Å². The summed E-state index contributed by atoms with van der Waals surface area (Å²) in [7, 11) is 0. The smallest absolute Gasteiger partial charge is 1.00 e. The van der Waals surface area contributed by atoms with Crippen LogP contribution in [0.1, 0.15) is 16.7 Å². The van der Waals surface area contributed by atoms with E-state index in [1.807, 2.05) is 12.1 Å². The van der Waals surface area contributed by atoms with Crippen LogP contribution in [0.2, 0.25) is 0 Å². The van der Waals surface area contributed by atoms with Crippen LogP contribution in [-0.2, 0) is 26.2 Å². The Labute approximate surface area is 180 Å². The predicted octanol–water partition coefficient (Wildman–Crippen LogP) is -1.52. The number of nitrogens with zero attached hydrogens (tertiary/aromatic N) is 3. The van der Waals surface area contributed by atoms with Crippen molar-refractivity contribution >= 4 is 10.8 Å². The molecule has 1 aromatic heterocycles. The van der Waals surface area contributed by atoms with Crippen LogP contribution in [0.4, 0.5) is 0 Å². The monoisotopic (exact) mass is 449 g/mol. The van der Waals surface area contributed by atoms with Crippen molar-refractivity contribution in [3.05, 3.63) is 77.9 Å². The van der Waals surface area contributed by atoms with Gasteiger partial charge in [-0.1, -0.05) is 26.8 Å². The van der Waals surface area contributed by atoms with Gasteiger partial charge >= 0.3 is 26.2 Å². The van der Waals surface area contributed by atoms with Gasteiger partial charge in [0.2, 0.25) is 0 Å². The van der Waals surface area contributed by atoms with Crippen LogP contribution in [0.3, 0.4) is 0 Å². The number of halogens is 2. The molecule has 0 aliphatic heterocycles. The number of hydrogen-bond acceptors (Lipinski definition) is 2. The molecule has 0 atom stereocenters. The summed E-state index contributed by atoms with van der Waals surface area (Å²) in [6, 6.07) is 16.8.